The molecule has 0 aromatic heterocycles. The largest absolute Gasteiger partial charge is 0.422 e. The van der Waals surface area contributed by atoms with E-state index in [9.17, 15) is 9.59 Å². The fourth-order valence-corrected chi connectivity index (χ4v) is 3.27. The van der Waals surface area contributed by atoms with Gasteiger partial charge in [0.15, 0.2) is 5.92 Å². The minimum atomic E-state index is -1.24. The van der Waals surface area contributed by atoms with Crippen LogP contribution in [0.2, 0.25) is 5.02 Å². The van der Waals surface area contributed by atoms with Gasteiger partial charge in [0.1, 0.15) is 0 Å². The topological polar surface area (TPSA) is 65.0 Å². The second kappa shape index (κ2) is 7.76. The van der Waals surface area contributed by atoms with Crippen LogP contribution in [0.15, 0.2) is 41.4 Å². The van der Waals surface area contributed by atoms with Gasteiger partial charge in [-0.05, 0) is 66.8 Å². The summed E-state index contributed by atoms with van der Waals surface area (Å²) in [6.45, 7) is 7.07. The number of rotatable bonds is 4. The lowest BCUT2D eigenvalue weighted by Crippen LogP contribution is -2.46. The molecule has 6 heteroatoms. The van der Waals surface area contributed by atoms with E-state index < -0.39 is 23.6 Å². The zero-order valence-electron chi connectivity index (χ0n) is 16.3. The number of nitrogens with zero attached hydrogens (tertiary/aromatic N) is 1. The van der Waals surface area contributed by atoms with E-state index in [1.807, 2.05) is 50.2 Å². The summed E-state index contributed by atoms with van der Waals surface area (Å²) in [7, 11) is 0. The third-order valence-electron chi connectivity index (χ3n) is 4.55. The van der Waals surface area contributed by atoms with E-state index in [0.717, 1.165) is 17.5 Å². The normalized spacial score (nSPS) is 16.9. The Morgan fingerprint density at radius 1 is 1.04 bits per heavy atom. The fraction of sp³-hybridized carbons (Fsp3) is 0.318. The molecule has 0 bridgehead atoms. The molecule has 1 heterocycles. The van der Waals surface area contributed by atoms with Crippen LogP contribution >= 0.6 is 11.6 Å². The highest BCUT2D eigenvalue weighted by molar-refractivity contribution is 6.30. The number of carbonyl (C=O) groups excluding carboxylic acids is 2. The van der Waals surface area contributed by atoms with Crippen LogP contribution in [0.3, 0.4) is 0 Å². The van der Waals surface area contributed by atoms with Crippen molar-refractivity contribution in [1.82, 2.24) is 0 Å². The number of halogens is 1. The van der Waals surface area contributed by atoms with Crippen LogP contribution in [-0.2, 0) is 25.5 Å². The molecule has 0 amide bonds. The average molecular weight is 400 g/mol. The molecule has 1 aliphatic rings. The van der Waals surface area contributed by atoms with Crippen molar-refractivity contribution < 1.29 is 19.1 Å². The van der Waals surface area contributed by atoms with Gasteiger partial charge < -0.3 is 9.47 Å². The van der Waals surface area contributed by atoms with Crippen molar-refractivity contribution in [1.29, 1.82) is 0 Å². The van der Waals surface area contributed by atoms with E-state index in [1.54, 1.807) is 0 Å². The van der Waals surface area contributed by atoms with E-state index in [4.69, 9.17) is 21.1 Å². The molecule has 3 rings (SSSR count). The van der Waals surface area contributed by atoms with Crippen molar-refractivity contribution in [2.45, 2.75) is 39.9 Å². The molecular formula is C22H22ClNO4. The van der Waals surface area contributed by atoms with Crippen molar-refractivity contribution in [3.63, 3.8) is 0 Å². The summed E-state index contributed by atoms with van der Waals surface area (Å²) in [6.07, 6.45) is 2.07. The Morgan fingerprint density at radius 3 is 2.11 bits per heavy atom. The monoisotopic (exact) mass is 399 g/mol. The van der Waals surface area contributed by atoms with Gasteiger partial charge in [0.25, 0.3) is 5.79 Å². The Kier molecular flexibility index (Phi) is 5.57. The molecule has 28 heavy (non-hydrogen) atoms. The van der Waals surface area contributed by atoms with Crippen LogP contribution in [0, 0.1) is 19.8 Å². The van der Waals surface area contributed by atoms with E-state index in [-0.39, 0.29) is 0 Å². The highest BCUT2D eigenvalue weighted by atomic mass is 35.5. The Labute approximate surface area is 169 Å². The molecule has 1 saturated heterocycles. The molecule has 0 unspecified atom stereocenters. The molecular weight excluding hydrogens is 378 g/mol. The molecule has 0 aliphatic carbocycles. The van der Waals surface area contributed by atoms with Gasteiger partial charge in [-0.25, -0.2) is 0 Å². The van der Waals surface area contributed by atoms with E-state index >= 15 is 0 Å². The molecule has 146 valence electrons. The number of benzene rings is 2. The maximum absolute atomic E-state index is 12.0. The van der Waals surface area contributed by atoms with E-state index in [2.05, 4.69) is 4.99 Å². The average Bonchev–Trinajstić information content (AvgIpc) is 2.58. The fourth-order valence-electron chi connectivity index (χ4n) is 3.14. The molecule has 0 spiro atoms. The Hall–Kier alpha value is -2.66. The van der Waals surface area contributed by atoms with E-state index in [0.29, 0.717) is 10.7 Å². The van der Waals surface area contributed by atoms with Gasteiger partial charge >= 0.3 is 11.9 Å². The van der Waals surface area contributed by atoms with Crippen molar-refractivity contribution in [3.8, 4) is 0 Å². The second-order valence-corrected chi connectivity index (χ2v) is 7.80. The first-order valence-corrected chi connectivity index (χ1v) is 9.37. The predicted molar refractivity (Wildman–Crippen MR) is 108 cm³/mol. The molecule has 1 fully saturated rings. The number of aryl methyl sites for hydroxylation is 2. The third kappa shape index (κ3) is 4.60. The van der Waals surface area contributed by atoms with Gasteiger partial charge in [-0.1, -0.05) is 23.7 Å². The standard InChI is InChI=1S/C22H22ClNO4/c1-13-9-17(24-12-19-20(25)27-22(3,4)28-21(19)26)10-14(2)18(13)11-15-5-7-16(23)8-6-15/h5-10,12,19H,11H2,1-4H3. The Morgan fingerprint density at radius 2 is 1.57 bits per heavy atom. The van der Waals surface area contributed by atoms with Gasteiger partial charge in [-0.3, -0.25) is 14.6 Å². The molecule has 0 radical (unpaired) electrons. The number of esters is 2. The number of aliphatic imine (C=N–C) groups is 1. The summed E-state index contributed by atoms with van der Waals surface area (Å²) >= 11 is 5.95. The molecule has 1 aliphatic heterocycles. The SMILES string of the molecule is Cc1cc(N=CC2C(=O)OC(C)(C)OC2=O)cc(C)c1Cc1ccc(Cl)cc1. The summed E-state index contributed by atoms with van der Waals surface area (Å²) in [5, 5.41) is 0.713. The number of cyclic esters (lactones) is 2. The Bertz CT molecular complexity index is 905. The third-order valence-corrected chi connectivity index (χ3v) is 4.80. The van der Waals surface area contributed by atoms with Crippen molar-refractivity contribution in [2.75, 3.05) is 0 Å². The van der Waals surface area contributed by atoms with Crippen LogP contribution in [0.5, 0.6) is 0 Å². The first-order chi connectivity index (χ1) is 13.1. The summed E-state index contributed by atoms with van der Waals surface area (Å²) in [5.74, 6) is -3.70. The number of hydrogen-bond donors (Lipinski definition) is 0. The first kappa shape index (κ1) is 20.1. The zero-order valence-corrected chi connectivity index (χ0v) is 17.0. The molecule has 2 aromatic carbocycles. The molecule has 2 aromatic rings. The van der Waals surface area contributed by atoms with Crippen LogP contribution in [0.4, 0.5) is 5.69 Å². The maximum Gasteiger partial charge on any atom is 0.329 e. The lowest BCUT2D eigenvalue weighted by atomic mass is 9.95. The van der Waals surface area contributed by atoms with Crippen molar-refractivity contribution in [3.05, 3.63) is 63.7 Å². The lowest BCUT2D eigenvalue weighted by Gasteiger charge is -2.31. The summed E-state index contributed by atoms with van der Waals surface area (Å²) in [5.41, 5.74) is 5.20. The maximum atomic E-state index is 12.0. The van der Waals surface area contributed by atoms with Crippen molar-refractivity contribution in [2.24, 2.45) is 10.9 Å². The van der Waals surface area contributed by atoms with Gasteiger partial charge in [-0.2, -0.15) is 0 Å². The smallest absolute Gasteiger partial charge is 0.329 e. The summed E-state index contributed by atoms with van der Waals surface area (Å²) in [6, 6.07) is 11.6. The molecule has 0 N–H and O–H groups in total. The minimum absolute atomic E-state index is 0.655. The summed E-state index contributed by atoms with van der Waals surface area (Å²) < 4.78 is 10.2. The second-order valence-electron chi connectivity index (χ2n) is 7.36. The molecule has 0 atom stereocenters. The molecule has 0 saturated carbocycles. The Balaban J connectivity index is 1.79. The quantitative estimate of drug-likeness (QED) is 0.424. The first-order valence-electron chi connectivity index (χ1n) is 8.99. The molecule has 5 nitrogen and oxygen atoms in total. The highest BCUT2D eigenvalue weighted by Gasteiger charge is 2.42. The van der Waals surface area contributed by atoms with Crippen LogP contribution in [0.25, 0.3) is 0 Å². The van der Waals surface area contributed by atoms with Gasteiger partial charge in [0.2, 0.25) is 0 Å². The highest BCUT2D eigenvalue weighted by Crippen LogP contribution is 2.26. The lowest BCUT2D eigenvalue weighted by molar-refractivity contribution is -0.235. The minimum Gasteiger partial charge on any atom is -0.422 e. The number of hydrogen-bond acceptors (Lipinski definition) is 5. The summed E-state index contributed by atoms with van der Waals surface area (Å²) in [4.78, 5) is 28.4. The number of carbonyl (C=O) groups is 2. The van der Waals surface area contributed by atoms with Crippen LogP contribution in [0.1, 0.15) is 36.1 Å². The van der Waals surface area contributed by atoms with Gasteiger partial charge in [-0.15, -0.1) is 0 Å². The van der Waals surface area contributed by atoms with Crippen molar-refractivity contribution >= 4 is 35.4 Å². The predicted octanol–water partition coefficient (Wildman–Crippen LogP) is 4.70. The van der Waals surface area contributed by atoms with Gasteiger partial charge in [0.05, 0.1) is 5.69 Å². The van der Waals surface area contributed by atoms with E-state index in [1.165, 1.54) is 31.2 Å². The van der Waals surface area contributed by atoms with Crippen LogP contribution in [-0.4, -0.2) is 23.9 Å². The number of ether oxygens (including phenoxy) is 2. The van der Waals surface area contributed by atoms with Gasteiger partial charge in [0, 0.05) is 25.1 Å². The zero-order chi connectivity index (χ0) is 20.5. The van der Waals surface area contributed by atoms with Crippen LogP contribution < -0.4 is 0 Å².